The molecule has 268 valence electrons. The Kier molecular flexibility index (Phi) is 6.27. The minimum absolute atomic E-state index is 0.127. The number of benzene rings is 7. The van der Waals surface area contributed by atoms with Gasteiger partial charge in [-0.1, -0.05) is 134 Å². The molecule has 0 amide bonds. The molecule has 2 atom stereocenters. The molecule has 2 unspecified atom stereocenters. The molecule has 1 saturated carbocycles. The van der Waals surface area contributed by atoms with Crippen molar-refractivity contribution >= 4 is 60.0 Å². The van der Waals surface area contributed by atoms with Crippen molar-refractivity contribution < 1.29 is 4.42 Å². The molecule has 3 aromatic heterocycles. The number of hydrogen-bond acceptors (Lipinski definition) is 1. The lowest BCUT2D eigenvalue weighted by Gasteiger charge is -2.18. The van der Waals surface area contributed by atoms with Crippen LogP contribution in [-0.4, -0.2) is 9.13 Å². The first-order chi connectivity index (χ1) is 28.2. The van der Waals surface area contributed by atoms with Crippen LogP contribution in [0.3, 0.4) is 0 Å². The molecule has 3 nitrogen and oxygen atoms in total. The van der Waals surface area contributed by atoms with Gasteiger partial charge < -0.3 is 13.6 Å². The molecule has 0 N–H and O–H groups in total. The number of nitrogens with zero attached hydrogens (tertiary/aromatic N) is 2. The van der Waals surface area contributed by atoms with E-state index >= 15 is 0 Å². The van der Waals surface area contributed by atoms with Crippen LogP contribution in [0.25, 0.3) is 82.7 Å². The van der Waals surface area contributed by atoms with Gasteiger partial charge in [-0.05, 0) is 95.3 Å². The molecule has 0 aliphatic heterocycles. The predicted octanol–water partition coefficient (Wildman–Crippen LogP) is 13.7. The Balaban J connectivity index is 1.12. The van der Waals surface area contributed by atoms with Gasteiger partial charge in [0, 0.05) is 49.5 Å². The molecule has 0 spiro atoms. The van der Waals surface area contributed by atoms with E-state index in [-0.39, 0.29) is 5.41 Å². The third-order valence-electron chi connectivity index (χ3n) is 13.1. The van der Waals surface area contributed by atoms with Gasteiger partial charge in [-0.3, -0.25) is 0 Å². The van der Waals surface area contributed by atoms with Crippen molar-refractivity contribution in [3.63, 3.8) is 0 Å². The fourth-order valence-corrected chi connectivity index (χ4v) is 10.4. The highest BCUT2D eigenvalue weighted by atomic mass is 16.3. The van der Waals surface area contributed by atoms with Crippen molar-refractivity contribution in [1.82, 2.24) is 9.13 Å². The fourth-order valence-electron chi connectivity index (χ4n) is 10.4. The largest absolute Gasteiger partial charge is 0.456 e. The molecule has 3 aliphatic carbocycles. The first-order valence-electron chi connectivity index (χ1n) is 20.1. The van der Waals surface area contributed by atoms with Crippen molar-refractivity contribution in [2.24, 2.45) is 5.92 Å². The minimum Gasteiger partial charge on any atom is -0.456 e. The molecule has 0 saturated heterocycles. The van der Waals surface area contributed by atoms with E-state index < -0.39 is 0 Å². The summed E-state index contributed by atoms with van der Waals surface area (Å²) in [5.41, 5.74) is 14.3. The number of fused-ring (bicyclic) bond motifs is 13. The van der Waals surface area contributed by atoms with E-state index in [4.69, 9.17) is 4.42 Å². The Bertz CT molecular complexity index is 3400. The maximum absolute atomic E-state index is 7.02. The quantitative estimate of drug-likeness (QED) is 0.177. The smallest absolute Gasteiger partial charge is 0.141 e. The van der Waals surface area contributed by atoms with Crippen molar-refractivity contribution in [3.8, 4) is 22.7 Å². The van der Waals surface area contributed by atoms with Crippen LogP contribution in [0.4, 0.5) is 0 Å². The molecule has 0 bridgehead atoms. The molecule has 3 heterocycles. The first kappa shape index (κ1) is 31.1. The second kappa shape index (κ2) is 11.5. The molecule has 0 radical (unpaired) electrons. The normalized spacial score (nSPS) is 18.2. The molecule has 57 heavy (non-hydrogen) atoms. The van der Waals surface area contributed by atoms with Crippen molar-refractivity contribution in [2.75, 3.05) is 0 Å². The molecular weight excluding hydrogens is 693 g/mol. The Morgan fingerprint density at radius 1 is 0.579 bits per heavy atom. The maximum atomic E-state index is 7.02. The van der Waals surface area contributed by atoms with Gasteiger partial charge in [-0.15, -0.1) is 0 Å². The molecule has 10 aromatic rings. The van der Waals surface area contributed by atoms with Gasteiger partial charge in [0.1, 0.15) is 11.3 Å². The zero-order valence-electron chi connectivity index (χ0n) is 31.2. The van der Waals surface area contributed by atoms with Crippen LogP contribution in [0.5, 0.6) is 0 Å². The fraction of sp³-hybridized carbons (Fsp3) is 0.0741. The lowest BCUT2D eigenvalue weighted by Crippen LogP contribution is -2.08. The molecule has 3 heteroatoms. The van der Waals surface area contributed by atoms with Crippen LogP contribution >= 0.6 is 0 Å². The van der Waals surface area contributed by atoms with Crippen LogP contribution in [0.2, 0.25) is 0 Å². The van der Waals surface area contributed by atoms with E-state index in [2.05, 4.69) is 197 Å². The molecule has 3 aliphatic rings. The van der Waals surface area contributed by atoms with E-state index in [0.717, 1.165) is 34.7 Å². The van der Waals surface area contributed by atoms with E-state index in [1.807, 2.05) is 0 Å². The summed E-state index contributed by atoms with van der Waals surface area (Å²) in [4.78, 5) is 0. The first-order valence-corrected chi connectivity index (χ1v) is 20.1. The number of furan rings is 1. The summed E-state index contributed by atoms with van der Waals surface area (Å²) in [5, 5.41) is 7.34. The topological polar surface area (TPSA) is 23.0 Å². The summed E-state index contributed by atoms with van der Waals surface area (Å²) in [6, 6.07) is 58.0. The Hall–Kier alpha value is -7.10. The summed E-state index contributed by atoms with van der Waals surface area (Å²) in [5.74, 6) is 1.56. The average molecular weight is 729 g/mol. The van der Waals surface area contributed by atoms with Gasteiger partial charge >= 0.3 is 0 Å². The summed E-state index contributed by atoms with van der Waals surface area (Å²) in [6.07, 6.45) is 13.6. The second-order valence-corrected chi connectivity index (χ2v) is 16.0. The number of aromatic nitrogens is 2. The molecular formula is C54H36N2O. The zero-order chi connectivity index (χ0) is 37.2. The number of hydrogen-bond donors (Lipinski definition) is 0. The van der Waals surface area contributed by atoms with Crippen molar-refractivity contribution in [2.45, 2.75) is 18.3 Å². The van der Waals surface area contributed by atoms with Gasteiger partial charge in [-0.25, -0.2) is 0 Å². The summed E-state index contributed by atoms with van der Waals surface area (Å²) < 4.78 is 11.9. The minimum atomic E-state index is 0.127. The summed E-state index contributed by atoms with van der Waals surface area (Å²) in [6.45, 7) is 0. The Morgan fingerprint density at radius 3 is 2.19 bits per heavy atom. The third kappa shape index (κ3) is 4.31. The Labute approximate surface area is 329 Å². The van der Waals surface area contributed by atoms with Gasteiger partial charge in [0.05, 0.1) is 27.8 Å². The Morgan fingerprint density at radius 2 is 1.32 bits per heavy atom. The SMILES string of the molecule is C1=CC2CC2(c2ccc(-n3c4c(c5c6ccccc6ccc53)-c3oc5ccccc5c3CC=C4c3ccc4c(c3)c3ccccc3n4-c3ccccc3)cc2)C=C1. The van der Waals surface area contributed by atoms with Crippen LogP contribution in [0.15, 0.2) is 193 Å². The highest BCUT2D eigenvalue weighted by Gasteiger charge is 2.52. The van der Waals surface area contributed by atoms with E-state index in [9.17, 15) is 0 Å². The average Bonchev–Trinajstić information content (AvgIpc) is 3.68. The van der Waals surface area contributed by atoms with E-state index in [0.29, 0.717) is 5.92 Å². The monoisotopic (exact) mass is 728 g/mol. The summed E-state index contributed by atoms with van der Waals surface area (Å²) >= 11 is 0. The standard InChI is InChI=1S/C54H36N2O/c1-2-14-38(15-3-1)55-46-19-8-6-17-42(46)45-32-35(22-29-47(45)55)41-27-28-44-43-18-7-9-20-49(43)57-53(44)51-50-40-16-5-4-12-34(40)21-30-48(50)56(52(41)51)39-25-23-36(24-26-39)54-31-11-10-13-37(54)33-54/h1-27,29-32,37H,28,33H2. The zero-order valence-corrected chi connectivity index (χ0v) is 31.2. The van der Waals surface area contributed by atoms with Gasteiger partial charge in [-0.2, -0.15) is 0 Å². The number of allylic oxidation sites excluding steroid dienone is 5. The second-order valence-electron chi connectivity index (χ2n) is 16.0. The molecule has 7 aromatic carbocycles. The van der Waals surface area contributed by atoms with Gasteiger partial charge in [0.2, 0.25) is 0 Å². The lowest BCUT2D eigenvalue weighted by molar-refractivity contribution is 0.629. The maximum Gasteiger partial charge on any atom is 0.141 e. The predicted molar refractivity (Wildman–Crippen MR) is 236 cm³/mol. The van der Waals surface area contributed by atoms with Crippen LogP contribution < -0.4 is 0 Å². The molecule has 13 rings (SSSR count). The number of rotatable bonds is 4. The van der Waals surface area contributed by atoms with Crippen molar-refractivity contribution in [1.29, 1.82) is 0 Å². The van der Waals surface area contributed by atoms with Crippen LogP contribution in [-0.2, 0) is 11.8 Å². The van der Waals surface area contributed by atoms with Crippen molar-refractivity contribution in [3.05, 3.63) is 210 Å². The van der Waals surface area contributed by atoms with Crippen LogP contribution in [0.1, 0.15) is 28.8 Å². The summed E-state index contributed by atoms with van der Waals surface area (Å²) in [7, 11) is 0. The highest BCUT2D eigenvalue weighted by molar-refractivity contribution is 6.19. The number of para-hydroxylation sites is 3. The van der Waals surface area contributed by atoms with Gasteiger partial charge in [0.15, 0.2) is 0 Å². The van der Waals surface area contributed by atoms with Gasteiger partial charge in [0.25, 0.3) is 0 Å². The molecule has 1 fully saturated rings. The van der Waals surface area contributed by atoms with E-state index in [1.165, 1.54) is 83.2 Å². The third-order valence-corrected chi connectivity index (χ3v) is 13.1. The van der Waals surface area contributed by atoms with E-state index in [1.54, 1.807) is 0 Å². The highest BCUT2D eigenvalue weighted by Crippen LogP contribution is 2.58. The lowest BCUT2D eigenvalue weighted by atomic mass is 9.90. The van der Waals surface area contributed by atoms with Crippen LogP contribution in [0, 0.1) is 5.92 Å².